The number of alkyl halides is 1. The molecule has 19 heavy (non-hydrogen) atoms. The second kappa shape index (κ2) is 6.85. The van der Waals surface area contributed by atoms with Crippen molar-refractivity contribution >= 4 is 38.9 Å². The summed E-state index contributed by atoms with van der Waals surface area (Å²) < 4.78 is 26.0. The second-order valence-corrected chi connectivity index (χ2v) is 5.80. The van der Waals surface area contributed by atoms with Gasteiger partial charge in [-0.1, -0.05) is 23.8 Å². The molecule has 0 aliphatic carbocycles. The van der Waals surface area contributed by atoms with Crippen molar-refractivity contribution in [2.75, 3.05) is 12.4 Å². The minimum absolute atomic E-state index is 0.0219. The van der Waals surface area contributed by atoms with Gasteiger partial charge in [0.1, 0.15) is 4.90 Å². The molecule has 0 saturated carbocycles. The van der Waals surface area contributed by atoms with Gasteiger partial charge < -0.3 is 0 Å². The van der Waals surface area contributed by atoms with E-state index in [2.05, 4.69) is 4.72 Å². The number of rotatable bonds is 6. The third-order valence-electron chi connectivity index (χ3n) is 2.06. The zero-order valence-corrected chi connectivity index (χ0v) is 11.9. The molecule has 0 bridgehead atoms. The van der Waals surface area contributed by atoms with Crippen LogP contribution in [0.1, 0.15) is 0 Å². The van der Waals surface area contributed by atoms with Crippen LogP contribution in [-0.2, 0) is 10.0 Å². The van der Waals surface area contributed by atoms with Gasteiger partial charge in [0, 0.05) is 24.6 Å². The molecule has 0 amide bonds. The lowest BCUT2D eigenvalue weighted by atomic mass is 10.3. The van der Waals surface area contributed by atoms with Crippen LogP contribution in [0.2, 0.25) is 5.02 Å². The highest BCUT2D eigenvalue weighted by atomic mass is 35.5. The maximum atomic E-state index is 11.9. The van der Waals surface area contributed by atoms with Crippen LogP contribution in [0.3, 0.4) is 0 Å². The molecule has 1 rings (SSSR count). The largest absolute Gasteiger partial charge is 0.270 e. The summed E-state index contributed by atoms with van der Waals surface area (Å²) in [6, 6.07) is 3.22. The van der Waals surface area contributed by atoms with E-state index in [-0.39, 0.29) is 28.0 Å². The molecule has 0 radical (unpaired) electrons. The summed E-state index contributed by atoms with van der Waals surface area (Å²) in [4.78, 5) is 9.59. The number of allylic oxidation sites excluding steroid dienone is 1. The monoisotopic (exact) mass is 324 g/mol. The van der Waals surface area contributed by atoms with Crippen LogP contribution in [0.15, 0.2) is 35.2 Å². The summed E-state index contributed by atoms with van der Waals surface area (Å²) in [5.74, 6) is 0.263. The average molecular weight is 325 g/mol. The zero-order chi connectivity index (χ0) is 14.5. The third kappa shape index (κ3) is 4.46. The molecular formula is C10H10Cl2N2O4S. The Bertz CT molecular complexity index is 602. The Morgan fingerprint density at radius 1 is 1.37 bits per heavy atom. The quantitative estimate of drug-likeness (QED) is 0.376. The molecule has 0 unspecified atom stereocenters. The number of benzene rings is 1. The molecule has 0 saturated heterocycles. The lowest BCUT2D eigenvalue weighted by Gasteiger charge is -2.06. The van der Waals surface area contributed by atoms with E-state index >= 15 is 0 Å². The minimum atomic E-state index is -3.91. The number of nitro groups is 1. The number of hydrogen-bond acceptors (Lipinski definition) is 4. The number of nitrogens with one attached hydrogen (secondary N) is 1. The standard InChI is InChI=1S/C10H10Cl2N2O4S/c11-5-1-2-6-13-19(17,18)10-7-8(14(15)16)3-4-9(10)12/h1-4,7,13H,5-6H2/b2-1+. The van der Waals surface area contributed by atoms with E-state index in [1.54, 1.807) is 6.08 Å². The van der Waals surface area contributed by atoms with Crippen LogP contribution in [0.5, 0.6) is 0 Å². The van der Waals surface area contributed by atoms with Gasteiger partial charge in [-0.15, -0.1) is 11.6 Å². The van der Waals surface area contributed by atoms with Crippen LogP contribution < -0.4 is 4.72 Å². The maximum absolute atomic E-state index is 11.9. The van der Waals surface area contributed by atoms with E-state index in [0.717, 1.165) is 12.1 Å². The number of hydrogen-bond donors (Lipinski definition) is 1. The van der Waals surface area contributed by atoms with Crippen molar-refractivity contribution in [2.24, 2.45) is 0 Å². The predicted octanol–water partition coefficient (Wildman–Crippen LogP) is 2.32. The summed E-state index contributed by atoms with van der Waals surface area (Å²) in [7, 11) is -3.91. The molecule has 0 fully saturated rings. The Balaban J connectivity index is 3.03. The molecule has 0 spiro atoms. The van der Waals surface area contributed by atoms with Crippen molar-refractivity contribution in [2.45, 2.75) is 4.90 Å². The number of halogens is 2. The van der Waals surface area contributed by atoms with Crippen LogP contribution in [-0.4, -0.2) is 25.8 Å². The van der Waals surface area contributed by atoms with Gasteiger partial charge in [0.25, 0.3) is 5.69 Å². The fourth-order valence-electron chi connectivity index (χ4n) is 1.19. The van der Waals surface area contributed by atoms with Gasteiger partial charge in [0.05, 0.1) is 9.95 Å². The highest BCUT2D eigenvalue weighted by molar-refractivity contribution is 7.89. The van der Waals surface area contributed by atoms with Gasteiger partial charge in [-0.3, -0.25) is 10.1 Å². The second-order valence-electron chi connectivity index (χ2n) is 3.35. The average Bonchev–Trinajstić information content (AvgIpc) is 2.34. The van der Waals surface area contributed by atoms with Gasteiger partial charge in [0.2, 0.25) is 10.0 Å². The highest BCUT2D eigenvalue weighted by Gasteiger charge is 2.20. The molecular weight excluding hydrogens is 315 g/mol. The molecule has 104 valence electrons. The van der Waals surface area contributed by atoms with Crippen molar-refractivity contribution in [3.8, 4) is 0 Å². The molecule has 1 N–H and O–H groups in total. The van der Waals surface area contributed by atoms with Crippen molar-refractivity contribution in [3.05, 3.63) is 45.5 Å². The molecule has 1 aromatic rings. The first-order chi connectivity index (χ1) is 8.88. The fourth-order valence-corrected chi connectivity index (χ4v) is 2.81. The summed E-state index contributed by atoms with van der Waals surface area (Å²) in [6.07, 6.45) is 3.09. The summed E-state index contributed by atoms with van der Waals surface area (Å²) >= 11 is 11.1. The molecule has 0 aliphatic heterocycles. The highest BCUT2D eigenvalue weighted by Crippen LogP contribution is 2.25. The first-order valence-corrected chi connectivity index (χ1v) is 7.42. The molecule has 1 aromatic carbocycles. The van der Waals surface area contributed by atoms with Crippen molar-refractivity contribution in [1.29, 1.82) is 0 Å². The van der Waals surface area contributed by atoms with Gasteiger partial charge in [-0.25, -0.2) is 13.1 Å². The molecule has 0 aliphatic rings. The van der Waals surface area contributed by atoms with Gasteiger partial charge >= 0.3 is 0 Å². The molecule has 9 heteroatoms. The third-order valence-corrected chi connectivity index (χ3v) is 4.15. The Kier molecular flexibility index (Phi) is 5.74. The normalized spacial score (nSPS) is 11.9. The van der Waals surface area contributed by atoms with E-state index in [1.165, 1.54) is 12.1 Å². The lowest BCUT2D eigenvalue weighted by molar-refractivity contribution is -0.385. The van der Waals surface area contributed by atoms with Crippen LogP contribution >= 0.6 is 23.2 Å². The molecule has 0 atom stereocenters. The van der Waals surface area contributed by atoms with Crippen LogP contribution in [0.4, 0.5) is 5.69 Å². The van der Waals surface area contributed by atoms with E-state index in [0.29, 0.717) is 0 Å². The number of nitrogens with zero attached hydrogens (tertiary/aromatic N) is 1. The zero-order valence-electron chi connectivity index (χ0n) is 9.55. The first kappa shape index (κ1) is 15.9. The van der Waals surface area contributed by atoms with Gasteiger partial charge in [-0.05, 0) is 6.07 Å². The molecule has 0 aromatic heterocycles. The van der Waals surface area contributed by atoms with Crippen LogP contribution in [0, 0.1) is 10.1 Å². The number of nitro benzene ring substituents is 1. The summed E-state index contributed by atoms with van der Waals surface area (Å²) in [6.45, 7) is 0.0219. The SMILES string of the molecule is O=[N+]([O-])c1ccc(Cl)c(S(=O)(=O)NC/C=C/CCl)c1. The number of non-ortho nitro benzene ring substituents is 1. The van der Waals surface area contributed by atoms with E-state index in [1.807, 2.05) is 0 Å². The minimum Gasteiger partial charge on any atom is -0.258 e. The fraction of sp³-hybridized carbons (Fsp3) is 0.200. The van der Waals surface area contributed by atoms with Crippen molar-refractivity contribution < 1.29 is 13.3 Å². The lowest BCUT2D eigenvalue weighted by Crippen LogP contribution is -2.24. The topological polar surface area (TPSA) is 89.3 Å². The van der Waals surface area contributed by atoms with Crippen molar-refractivity contribution in [3.63, 3.8) is 0 Å². The van der Waals surface area contributed by atoms with Crippen LogP contribution in [0.25, 0.3) is 0 Å². The Morgan fingerprint density at radius 2 is 2.05 bits per heavy atom. The first-order valence-electron chi connectivity index (χ1n) is 5.03. The number of sulfonamides is 1. The smallest absolute Gasteiger partial charge is 0.258 e. The summed E-state index contributed by atoms with van der Waals surface area (Å²) in [5.41, 5.74) is -0.346. The Morgan fingerprint density at radius 3 is 2.63 bits per heavy atom. The van der Waals surface area contributed by atoms with Gasteiger partial charge in [0.15, 0.2) is 0 Å². The van der Waals surface area contributed by atoms with Crippen molar-refractivity contribution in [1.82, 2.24) is 4.72 Å². The Hall–Kier alpha value is -1.15. The van der Waals surface area contributed by atoms with E-state index in [9.17, 15) is 18.5 Å². The van der Waals surface area contributed by atoms with E-state index < -0.39 is 14.9 Å². The molecule has 6 nitrogen and oxygen atoms in total. The van der Waals surface area contributed by atoms with Gasteiger partial charge in [-0.2, -0.15) is 0 Å². The summed E-state index contributed by atoms with van der Waals surface area (Å²) in [5, 5.41) is 10.5. The van der Waals surface area contributed by atoms with E-state index in [4.69, 9.17) is 23.2 Å². The predicted molar refractivity (Wildman–Crippen MR) is 73.2 cm³/mol. The maximum Gasteiger partial charge on any atom is 0.270 e. The Labute approximate surface area is 120 Å². The molecule has 0 heterocycles.